The molecular weight excluding hydrogens is 509 g/mol. The van der Waals surface area contributed by atoms with Crippen molar-refractivity contribution in [2.75, 3.05) is 46.5 Å². The molecule has 1 fully saturated rings. The van der Waals surface area contributed by atoms with Gasteiger partial charge < -0.3 is 24.6 Å². The molecule has 0 unspecified atom stereocenters. The van der Waals surface area contributed by atoms with Gasteiger partial charge in [0.05, 0.1) is 25.5 Å². The van der Waals surface area contributed by atoms with E-state index in [1.54, 1.807) is 7.05 Å². The van der Waals surface area contributed by atoms with Crippen LogP contribution in [0.1, 0.15) is 36.8 Å². The normalized spacial score (nSPS) is 14.9. The summed E-state index contributed by atoms with van der Waals surface area (Å²) >= 11 is 0. The fourth-order valence-corrected chi connectivity index (χ4v) is 3.12. The minimum Gasteiger partial charge on any atom is -0.492 e. The average molecular weight is 543 g/mol. The summed E-state index contributed by atoms with van der Waals surface area (Å²) in [5.41, 5.74) is 2.09. The van der Waals surface area contributed by atoms with Gasteiger partial charge in [0.1, 0.15) is 12.4 Å². The Hall–Kier alpha value is -1.85. The van der Waals surface area contributed by atoms with Crippen LogP contribution in [0, 0.1) is 0 Å². The fraction of sp³-hybridized carbons (Fsp3) is 0.545. The van der Waals surface area contributed by atoms with Gasteiger partial charge in [0.15, 0.2) is 11.7 Å². The molecule has 31 heavy (non-hydrogen) atoms. The van der Waals surface area contributed by atoms with Gasteiger partial charge in [-0.25, -0.2) is 0 Å². The lowest BCUT2D eigenvalue weighted by atomic mass is 10.1. The number of halogens is 1. The standard InChI is InChI=1S/C22H33N5O3.HI/c1-17(2)21-14-20(30-26-21)16-25-22(23-3)24-15-18-5-4-6-19(13-18)29-12-9-27-7-10-28-11-8-27;/h4-6,13-14,17H,7-12,15-16H2,1-3H3,(H2,23,24,25);1H. The van der Waals surface area contributed by atoms with E-state index < -0.39 is 0 Å². The molecular formula is C22H34IN5O3. The van der Waals surface area contributed by atoms with Crippen LogP contribution in [-0.4, -0.2) is 62.5 Å². The summed E-state index contributed by atoms with van der Waals surface area (Å²) < 4.78 is 16.7. The second kappa shape index (κ2) is 13.5. The molecule has 1 aliphatic heterocycles. The Morgan fingerprint density at radius 1 is 1.19 bits per heavy atom. The zero-order chi connectivity index (χ0) is 21.2. The molecule has 1 aromatic heterocycles. The predicted molar refractivity (Wildman–Crippen MR) is 132 cm³/mol. The van der Waals surface area contributed by atoms with Crippen LogP contribution < -0.4 is 15.4 Å². The number of rotatable bonds is 9. The van der Waals surface area contributed by atoms with Crippen molar-refractivity contribution < 1.29 is 14.0 Å². The summed E-state index contributed by atoms with van der Waals surface area (Å²) in [5, 5.41) is 10.6. The maximum atomic E-state index is 5.93. The van der Waals surface area contributed by atoms with Gasteiger partial charge in [-0.3, -0.25) is 9.89 Å². The van der Waals surface area contributed by atoms with Gasteiger partial charge >= 0.3 is 0 Å². The minimum atomic E-state index is 0. The van der Waals surface area contributed by atoms with Gasteiger partial charge in [-0.05, 0) is 23.6 Å². The molecule has 1 aliphatic rings. The summed E-state index contributed by atoms with van der Waals surface area (Å²) in [4.78, 5) is 6.63. The highest BCUT2D eigenvalue weighted by Crippen LogP contribution is 2.14. The molecule has 2 N–H and O–H groups in total. The monoisotopic (exact) mass is 543 g/mol. The molecule has 0 bridgehead atoms. The van der Waals surface area contributed by atoms with E-state index in [9.17, 15) is 0 Å². The Balaban J connectivity index is 0.00000341. The van der Waals surface area contributed by atoms with E-state index in [0.717, 1.165) is 55.6 Å². The van der Waals surface area contributed by atoms with Crippen LogP contribution in [0.3, 0.4) is 0 Å². The topological polar surface area (TPSA) is 84.2 Å². The van der Waals surface area contributed by atoms with Crippen molar-refractivity contribution in [2.24, 2.45) is 4.99 Å². The Labute approximate surface area is 201 Å². The Morgan fingerprint density at radius 3 is 2.68 bits per heavy atom. The molecule has 9 heteroatoms. The van der Waals surface area contributed by atoms with E-state index in [0.29, 0.717) is 31.6 Å². The number of aromatic nitrogens is 1. The van der Waals surface area contributed by atoms with Crippen LogP contribution in [0.15, 0.2) is 39.8 Å². The lowest BCUT2D eigenvalue weighted by Crippen LogP contribution is -2.38. The third-order valence-electron chi connectivity index (χ3n) is 4.96. The van der Waals surface area contributed by atoms with Crippen molar-refractivity contribution >= 4 is 29.9 Å². The molecule has 172 valence electrons. The first kappa shape index (κ1) is 25.4. The number of nitrogens with zero attached hydrogens (tertiary/aromatic N) is 3. The second-order valence-electron chi connectivity index (χ2n) is 7.60. The number of guanidine groups is 1. The summed E-state index contributed by atoms with van der Waals surface area (Å²) in [6.07, 6.45) is 0. The van der Waals surface area contributed by atoms with Gasteiger partial charge in [-0.1, -0.05) is 31.1 Å². The molecule has 8 nitrogen and oxygen atoms in total. The van der Waals surface area contributed by atoms with E-state index >= 15 is 0 Å². The van der Waals surface area contributed by atoms with Crippen molar-refractivity contribution in [1.29, 1.82) is 0 Å². The maximum Gasteiger partial charge on any atom is 0.191 e. The first-order valence-corrected chi connectivity index (χ1v) is 10.6. The SMILES string of the molecule is CN=C(NCc1cccc(OCCN2CCOCC2)c1)NCc1cc(C(C)C)no1.I. The van der Waals surface area contributed by atoms with Crippen molar-refractivity contribution in [2.45, 2.75) is 32.9 Å². The molecule has 1 saturated heterocycles. The van der Waals surface area contributed by atoms with Crippen molar-refractivity contribution in [3.05, 3.63) is 47.3 Å². The van der Waals surface area contributed by atoms with Crippen molar-refractivity contribution in [3.8, 4) is 5.75 Å². The molecule has 0 atom stereocenters. The number of ether oxygens (including phenoxy) is 2. The second-order valence-corrected chi connectivity index (χ2v) is 7.60. The van der Waals surface area contributed by atoms with E-state index in [-0.39, 0.29) is 24.0 Å². The summed E-state index contributed by atoms with van der Waals surface area (Å²) in [7, 11) is 1.75. The summed E-state index contributed by atoms with van der Waals surface area (Å²) in [5.74, 6) is 2.73. The first-order valence-electron chi connectivity index (χ1n) is 10.6. The van der Waals surface area contributed by atoms with Crippen LogP contribution in [0.5, 0.6) is 5.75 Å². The predicted octanol–water partition coefficient (Wildman–Crippen LogP) is 2.99. The van der Waals surface area contributed by atoms with Crippen molar-refractivity contribution in [3.63, 3.8) is 0 Å². The van der Waals surface area contributed by atoms with Gasteiger partial charge in [0.2, 0.25) is 0 Å². The fourth-order valence-electron chi connectivity index (χ4n) is 3.12. The zero-order valence-electron chi connectivity index (χ0n) is 18.6. The van der Waals surface area contributed by atoms with Gasteiger partial charge in [0.25, 0.3) is 0 Å². The molecule has 0 saturated carbocycles. The maximum absolute atomic E-state index is 5.93. The van der Waals surface area contributed by atoms with Crippen molar-refractivity contribution in [1.82, 2.24) is 20.7 Å². The number of benzene rings is 1. The van der Waals surface area contributed by atoms with Crippen LogP contribution in [0.2, 0.25) is 0 Å². The number of hydrogen-bond acceptors (Lipinski definition) is 6. The number of hydrogen-bond donors (Lipinski definition) is 2. The van der Waals surface area contributed by atoms with Crippen LogP contribution in [0.25, 0.3) is 0 Å². The van der Waals surface area contributed by atoms with Gasteiger partial charge in [-0.2, -0.15) is 0 Å². The van der Waals surface area contributed by atoms with Crippen LogP contribution in [0.4, 0.5) is 0 Å². The average Bonchev–Trinajstić information content (AvgIpc) is 3.24. The Morgan fingerprint density at radius 2 is 1.97 bits per heavy atom. The summed E-state index contributed by atoms with van der Waals surface area (Å²) in [6.45, 7) is 10.5. The molecule has 0 radical (unpaired) electrons. The molecule has 0 aliphatic carbocycles. The molecule has 2 heterocycles. The van der Waals surface area contributed by atoms with E-state index in [1.807, 2.05) is 18.2 Å². The van der Waals surface area contributed by atoms with Crippen LogP contribution >= 0.6 is 24.0 Å². The molecule has 0 spiro atoms. The first-order chi connectivity index (χ1) is 14.6. The zero-order valence-corrected chi connectivity index (χ0v) is 20.9. The molecule has 2 aromatic rings. The molecule has 3 rings (SSSR count). The quantitative estimate of drug-likeness (QED) is 0.286. The highest BCUT2D eigenvalue weighted by molar-refractivity contribution is 14.0. The highest BCUT2D eigenvalue weighted by Gasteiger charge is 2.10. The van der Waals surface area contributed by atoms with Gasteiger partial charge in [-0.15, -0.1) is 24.0 Å². The lowest BCUT2D eigenvalue weighted by molar-refractivity contribution is 0.0322. The third kappa shape index (κ3) is 8.66. The Bertz CT molecular complexity index is 806. The summed E-state index contributed by atoms with van der Waals surface area (Å²) in [6, 6.07) is 10.1. The highest BCUT2D eigenvalue weighted by atomic mass is 127. The van der Waals surface area contributed by atoms with E-state index in [1.165, 1.54) is 0 Å². The largest absolute Gasteiger partial charge is 0.492 e. The smallest absolute Gasteiger partial charge is 0.191 e. The van der Waals surface area contributed by atoms with Gasteiger partial charge in [0, 0.05) is 39.3 Å². The molecule has 0 amide bonds. The lowest BCUT2D eigenvalue weighted by Gasteiger charge is -2.26. The Kier molecular flexibility index (Phi) is 11.1. The van der Waals surface area contributed by atoms with E-state index in [2.05, 4.69) is 51.7 Å². The van der Waals surface area contributed by atoms with Crippen LogP contribution in [-0.2, 0) is 17.8 Å². The number of aliphatic imine (C=N–C) groups is 1. The number of nitrogens with one attached hydrogen (secondary N) is 2. The molecule has 1 aromatic carbocycles. The third-order valence-corrected chi connectivity index (χ3v) is 4.96. The number of morpholine rings is 1. The minimum absolute atomic E-state index is 0. The van der Waals surface area contributed by atoms with E-state index in [4.69, 9.17) is 14.0 Å².